The Morgan fingerprint density at radius 2 is 1.80 bits per heavy atom. The Balaban J connectivity index is 1.83. The van der Waals surface area contributed by atoms with Gasteiger partial charge in [-0.2, -0.15) is 11.8 Å². The van der Waals surface area contributed by atoms with Crippen LogP contribution >= 0.6 is 11.8 Å². The van der Waals surface area contributed by atoms with Gasteiger partial charge in [0.1, 0.15) is 11.5 Å². The second kappa shape index (κ2) is 8.05. The molecule has 108 valence electrons. The number of aryl methyl sites for hydroxylation is 1. The quantitative estimate of drug-likeness (QED) is 0.732. The van der Waals surface area contributed by atoms with Crippen molar-refractivity contribution in [2.45, 2.75) is 38.5 Å². The minimum Gasteiger partial charge on any atom is -0.463 e. The van der Waals surface area contributed by atoms with Crippen LogP contribution in [0.1, 0.15) is 36.8 Å². The van der Waals surface area contributed by atoms with Crippen LogP contribution in [0.3, 0.4) is 0 Å². The van der Waals surface area contributed by atoms with Gasteiger partial charge in [-0.25, -0.2) is 0 Å². The summed E-state index contributed by atoms with van der Waals surface area (Å²) in [6.07, 6.45) is 5.77. The van der Waals surface area contributed by atoms with Crippen LogP contribution in [0.4, 0.5) is 5.69 Å². The molecule has 0 radical (unpaired) electrons. The number of rotatable bonds is 8. The lowest BCUT2D eigenvalue weighted by Gasteiger charge is -2.06. The van der Waals surface area contributed by atoms with Gasteiger partial charge in [0.15, 0.2) is 0 Å². The highest BCUT2D eigenvalue weighted by Crippen LogP contribution is 2.16. The van der Waals surface area contributed by atoms with Crippen molar-refractivity contribution in [1.82, 2.24) is 0 Å². The van der Waals surface area contributed by atoms with Crippen molar-refractivity contribution < 1.29 is 4.42 Å². The smallest absolute Gasteiger partial charge is 0.123 e. The maximum atomic E-state index is 5.74. The van der Waals surface area contributed by atoms with Crippen molar-refractivity contribution >= 4 is 17.4 Å². The average Bonchev–Trinajstić information content (AvgIpc) is 2.92. The van der Waals surface area contributed by atoms with Crippen LogP contribution in [-0.4, -0.2) is 6.26 Å². The monoisotopic (exact) mass is 289 g/mol. The number of hydrogen-bond acceptors (Lipinski definition) is 3. The Morgan fingerprint density at radius 3 is 2.50 bits per heavy atom. The molecule has 0 amide bonds. The first-order chi connectivity index (χ1) is 9.81. The Bertz CT molecular complexity index is 504. The van der Waals surface area contributed by atoms with Gasteiger partial charge in [0.25, 0.3) is 0 Å². The number of anilines is 1. The Morgan fingerprint density at radius 1 is 1.05 bits per heavy atom. The first-order valence-electron chi connectivity index (χ1n) is 7.21. The number of benzene rings is 1. The van der Waals surface area contributed by atoms with Gasteiger partial charge in [0.05, 0.1) is 12.3 Å². The molecule has 0 aliphatic rings. The molecule has 1 aromatic heterocycles. The van der Waals surface area contributed by atoms with E-state index in [4.69, 9.17) is 4.42 Å². The zero-order valence-electron chi connectivity index (χ0n) is 12.3. The molecule has 0 unspecified atom stereocenters. The predicted octanol–water partition coefficient (Wildman–Crippen LogP) is 5.10. The molecule has 20 heavy (non-hydrogen) atoms. The van der Waals surface area contributed by atoms with Crippen LogP contribution in [0.2, 0.25) is 0 Å². The van der Waals surface area contributed by atoms with Gasteiger partial charge in [-0.15, -0.1) is 0 Å². The van der Waals surface area contributed by atoms with Crippen LogP contribution in [0.15, 0.2) is 40.8 Å². The van der Waals surface area contributed by atoms with Crippen molar-refractivity contribution in [3.8, 4) is 0 Å². The van der Waals surface area contributed by atoms with E-state index in [2.05, 4.69) is 48.8 Å². The zero-order valence-corrected chi connectivity index (χ0v) is 13.1. The number of thioether (sulfide) groups is 1. The molecule has 2 nitrogen and oxygen atoms in total. The normalized spacial score (nSPS) is 10.7. The lowest BCUT2D eigenvalue weighted by molar-refractivity contribution is 0.487. The highest BCUT2D eigenvalue weighted by atomic mass is 32.2. The largest absolute Gasteiger partial charge is 0.463 e. The van der Waals surface area contributed by atoms with Crippen molar-refractivity contribution in [1.29, 1.82) is 0 Å². The molecule has 2 rings (SSSR count). The van der Waals surface area contributed by atoms with E-state index in [0.717, 1.165) is 29.5 Å². The second-order valence-electron chi connectivity index (χ2n) is 4.96. The van der Waals surface area contributed by atoms with Gasteiger partial charge in [-0.05, 0) is 48.9 Å². The lowest BCUT2D eigenvalue weighted by atomic mass is 10.1. The van der Waals surface area contributed by atoms with Gasteiger partial charge in [-0.1, -0.05) is 25.5 Å². The van der Waals surface area contributed by atoms with Crippen LogP contribution < -0.4 is 5.32 Å². The third kappa shape index (κ3) is 4.64. The molecule has 0 aliphatic carbocycles. The minimum atomic E-state index is 0.739. The van der Waals surface area contributed by atoms with E-state index >= 15 is 0 Å². The summed E-state index contributed by atoms with van der Waals surface area (Å²) >= 11 is 1.78. The molecule has 1 heterocycles. The van der Waals surface area contributed by atoms with Crippen LogP contribution in [-0.2, 0) is 18.7 Å². The molecule has 0 spiro atoms. The molecular weight excluding hydrogens is 266 g/mol. The maximum Gasteiger partial charge on any atom is 0.123 e. The summed E-state index contributed by atoms with van der Waals surface area (Å²) in [6.45, 7) is 2.97. The fourth-order valence-corrected chi connectivity index (χ4v) is 2.54. The fraction of sp³-hybridized carbons (Fsp3) is 0.412. The van der Waals surface area contributed by atoms with Crippen molar-refractivity contribution in [3.63, 3.8) is 0 Å². The number of nitrogens with one attached hydrogen (secondary N) is 1. The fourth-order valence-electron chi connectivity index (χ4n) is 2.10. The summed E-state index contributed by atoms with van der Waals surface area (Å²) in [6, 6.07) is 12.8. The van der Waals surface area contributed by atoms with Crippen LogP contribution in [0, 0.1) is 0 Å². The number of hydrogen-bond donors (Lipinski definition) is 1. The third-order valence-electron chi connectivity index (χ3n) is 3.24. The van der Waals surface area contributed by atoms with Gasteiger partial charge in [0, 0.05) is 5.69 Å². The molecule has 0 bridgehead atoms. The summed E-state index contributed by atoms with van der Waals surface area (Å²) < 4.78 is 5.74. The Labute approximate surface area is 126 Å². The van der Waals surface area contributed by atoms with E-state index in [9.17, 15) is 0 Å². The summed E-state index contributed by atoms with van der Waals surface area (Å²) in [5.74, 6) is 2.97. The zero-order chi connectivity index (χ0) is 14.2. The molecular formula is C17H23NOS. The first-order valence-corrected chi connectivity index (χ1v) is 8.60. The molecule has 3 heteroatoms. The van der Waals surface area contributed by atoms with Crippen molar-refractivity contribution in [2.24, 2.45) is 0 Å². The standard InChI is InChI=1S/C17H23NOS/c1-3-4-5-14-6-8-15(9-7-14)18-12-16-10-11-17(19-16)13-20-2/h6-11,18H,3-5,12-13H2,1-2H3. The Hall–Kier alpha value is -1.35. The van der Waals surface area contributed by atoms with Crippen molar-refractivity contribution in [3.05, 3.63) is 53.5 Å². The first kappa shape index (κ1) is 15.0. The van der Waals surface area contributed by atoms with E-state index in [1.54, 1.807) is 11.8 Å². The molecule has 1 aromatic carbocycles. The van der Waals surface area contributed by atoms with E-state index in [1.807, 2.05) is 6.07 Å². The van der Waals surface area contributed by atoms with E-state index < -0.39 is 0 Å². The topological polar surface area (TPSA) is 25.2 Å². The molecule has 1 N–H and O–H groups in total. The van der Waals surface area contributed by atoms with E-state index in [-0.39, 0.29) is 0 Å². The van der Waals surface area contributed by atoms with Gasteiger partial charge in [0.2, 0.25) is 0 Å². The predicted molar refractivity (Wildman–Crippen MR) is 88.3 cm³/mol. The summed E-state index contributed by atoms with van der Waals surface area (Å²) in [7, 11) is 0. The highest BCUT2D eigenvalue weighted by molar-refractivity contribution is 7.97. The Kier molecular flexibility index (Phi) is 6.06. The molecule has 0 saturated carbocycles. The van der Waals surface area contributed by atoms with E-state index in [0.29, 0.717) is 0 Å². The number of unbranched alkanes of at least 4 members (excludes halogenated alkanes) is 1. The molecule has 2 aromatic rings. The molecule has 0 saturated heterocycles. The van der Waals surface area contributed by atoms with E-state index in [1.165, 1.54) is 24.8 Å². The van der Waals surface area contributed by atoms with Gasteiger partial charge < -0.3 is 9.73 Å². The molecule has 0 atom stereocenters. The van der Waals surface area contributed by atoms with Crippen LogP contribution in [0.5, 0.6) is 0 Å². The SMILES string of the molecule is CCCCc1ccc(NCc2ccc(CSC)o2)cc1. The lowest BCUT2D eigenvalue weighted by Crippen LogP contribution is -1.98. The molecule has 0 fully saturated rings. The van der Waals surface area contributed by atoms with Crippen molar-refractivity contribution in [2.75, 3.05) is 11.6 Å². The second-order valence-corrected chi connectivity index (χ2v) is 5.82. The summed E-state index contributed by atoms with van der Waals surface area (Å²) in [4.78, 5) is 0. The van der Waals surface area contributed by atoms with Gasteiger partial charge >= 0.3 is 0 Å². The highest BCUT2D eigenvalue weighted by Gasteiger charge is 2.01. The third-order valence-corrected chi connectivity index (χ3v) is 3.82. The number of furan rings is 1. The maximum absolute atomic E-state index is 5.74. The summed E-state index contributed by atoms with van der Waals surface area (Å²) in [5.41, 5.74) is 2.56. The van der Waals surface area contributed by atoms with Gasteiger partial charge in [-0.3, -0.25) is 0 Å². The average molecular weight is 289 g/mol. The molecule has 0 aliphatic heterocycles. The summed E-state index contributed by atoms with van der Waals surface area (Å²) in [5, 5.41) is 3.40. The minimum absolute atomic E-state index is 0.739. The van der Waals surface area contributed by atoms with Crippen LogP contribution in [0.25, 0.3) is 0 Å².